The summed E-state index contributed by atoms with van der Waals surface area (Å²) in [6.07, 6.45) is 1.01. The van der Waals surface area contributed by atoms with Crippen molar-refractivity contribution in [1.82, 2.24) is 15.1 Å². The van der Waals surface area contributed by atoms with E-state index in [0.29, 0.717) is 11.6 Å². The third-order valence-electron chi connectivity index (χ3n) is 4.90. The quantitative estimate of drug-likeness (QED) is 0.788. The molecule has 4 rings (SSSR count). The molecule has 0 saturated carbocycles. The Kier molecular flexibility index (Phi) is 4.10. The largest absolute Gasteiger partial charge is 0.337 e. The summed E-state index contributed by atoms with van der Waals surface area (Å²) in [5.74, 6) is 0.449. The van der Waals surface area contributed by atoms with Gasteiger partial charge in [-0.05, 0) is 25.0 Å². The van der Waals surface area contributed by atoms with Gasteiger partial charge in [0.15, 0.2) is 0 Å². The zero-order valence-corrected chi connectivity index (χ0v) is 14.3. The number of amides is 1. The Bertz CT molecular complexity index is 868. The lowest BCUT2D eigenvalue weighted by molar-refractivity contribution is 0.0785. The molecule has 4 nitrogen and oxygen atoms in total. The fourth-order valence-electron chi connectivity index (χ4n) is 3.41. The average Bonchev–Trinajstić information content (AvgIpc) is 3.33. The van der Waals surface area contributed by atoms with Gasteiger partial charge in [0.05, 0.1) is 5.69 Å². The monoisotopic (exact) mass is 331 g/mol. The normalized spacial score (nSPS) is 17.0. The minimum Gasteiger partial charge on any atom is -0.337 e. The predicted molar refractivity (Wildman–Crippen MR) is 98.5 cm³/mol. The number of rotatable bonds is 3. The van der Waals surface area contributed by atoms with Gasteiger partial charge in [-0.2, -0.15) is 5.10 Å². The summed E-state index contributed by atoms with van der Waals surface area (Å²) < 4.78 is 0. The van der Waals surface area contributed by atoms with Crippen LogP contribution in [0.1, 0.15) is 34.0 Å². The standard InChI is InChI=1S/C21H21N3O/c1-15-7-9-16(10-8-15)18-11-12-24(14-18)21(25)20-13-19(22-23-20)17-5-3-2-4-6-17/h2-10,13,18H,11-12,14H2,1H3,(H,22,23). The number of aromatic amines is 1. The van der Waals surface area contributed by atoms with Crippen LogP contribution in [0.4, 0.5) is 0 Å². The fraction of sp³-hybridized carbons (Fsp3) is 0.238. The maximum absolute atomic E-state index is 12.8. The average molecular weight is 331 g/mol. The smallest absolute Gasteiger partial charge is 0.271 e. The van der Waals surface area contributed by atoms with Gasteiger partial charge in [0.2, 0.25) is 0 Å². The lowest BCUT2D eigenvalue weighted by atomic mass is 9.98. The van der Waals surface area contributed by atoms with E-state index in [0.717, 1.165) is 30.8 Å². The zero-order valence-electron chi connectivity index (χ0n) is 14.3. The summed E-state index contributed by atoms with van der Waals surface area (Å²) in [7, 11) is 0. The SMILES string of the molecule is Cc1ccc(C2CCN(C(=O)c3cc(-c4ccccc4)n[nH]3)C2)cc1. The van der Waals surface area contributed by atoms with Gasteiger partial charge in [0.25, 0.3) is 5.91 Å². The minimum absolute atomic E-state index is 0.0318. The van der Waals surface area contributed by atoms with Crippen molar-refractivity contribution in [2.45, 2.75) is 19.3 Å². The molecule has 1 fully saturated rings. The van der Waals surface area contributed by atoms with Crippen LogP contribution in [0.15, 0.2) is 60.7 Å². The number of carbonyl (C=O) groups excluding carboxylic acids is 1. The molecular formula is C21H21N3O. The summed E-state index contributed by atoms with van der Waals surface area (Å²) in [5.41, 5.74) is 4.95. The van der Waals surface area contributed by atoms with Crippen LogP contribution >= 0.6 is 0 Å². The molecule has 0 bridgehead atoms. The molecule has 1 aliphatic rings. The zero-order chi connectivity index (χ0) is 17.2. The van der Waals surface area contributed by atoms with Crippen LogP contribution in [0, 0.1) is 6.92 Å². The van der Waals surface area contributed by atoms with Gasteiger partial charge in [-0.15, -0.1) is 0 Å². The number of hydrogen-bond acceptors (Lipinski definition) is 2. The number of benzene rings is 2. The first-order valence-electron chi connectivity index (χ1n) is 8.67. The van der Waals surface area contributed by atoms with Crippen molar-refractivity contribution in [2.24, 2.45) is 0 Å². The third-order valence-corrected chi connectivity index (χ3v) is 4.90. The van der Waals surface area contributed by atoms with Gasteiger partial charge in [-0.3, -0.25) is 9.89 Å². The molecule has 2 aromatic carbocycles. The Morgan fingerprint density at radius 3 is 2.64 bits per heavy atom. The molecule has 0 spiro atoms. The second-order valence-corrected chi connectivity index (χ2v) is 6.68. The Morgan fingerprint density at radius 2 is 1.88 bits per heavy atom. The summed E-state index contributed by atoms with van der Waals surface area (Å²) in [4.78, 5) is 14.7. The molecule has 1 aliphatic heterocycles. The van der Waals surface area contributed by atoms with Crippen LogP contribution in [0.3, 0.4) is 0 Å². The second-order valence-electron chi connectivity index (χ2n) is 6.68. The molecule has 1 N–H and O–H groups in total. The molecule has 1 unspecified atom stereocenters. The number of nitrogens with zero attached hydrogens (tertiary/aromatic N) is 2. The van der Waals surface area contributed by atoms with E-state index in [1.807, 2.05) is 41.3 Å². The highest BCUT2D eigenvalue weighted by Gasteiger charge is 2.28. The second kappa shape index (κ2) is 6.55. The number of hydrogen-bond donors (Lipinski definition) is 1. The predicted octanol–water partition coefficient (Wildman–Crippen LogP) is 4.01. The van der Waals surface area contributed by atoms with Gasteiger partial charge >= 0.3 is 0 Å². The van der Waals surface area contributed by atoms with E-state index in [9.17, 15) is 4.79 Å². The summed E-state index contributed by atoms with van der Waals surface area (Å²) in [6, 6.07) is 20.4. The Labute approximate surface area is 147 Å². The minimum atomic E-state index is 0.0318. The Morgan fingerprint density at radius 1 is 1.12 bits per heavy atom. The molecule has 126 valence electrons. The molecule has 1 aromatic heterocycles. The van der Waals surface area contributed by atoms with Crippen molar-refractivity contribution in [2.75, 3.05) is 13.1 Å². The lowest BCUT2D eigenvalue weighted by Crippen LogP contribution is -2.28. The highest BCUT2D eigenvalue weighted by Crippen LogP contribution is 2.28. The molecule has 0 radical (unpaired) electrons. The van der Waals surface area contributed by atoms with Crippen molar-refractivity contribution in [3.05, 3.63) is 77.5 Å². The number of aromatic nitrogens is 2. The molecule has 1 saturated heterocycles. The number of H-pyrrole nitrogens is 1. The van der Waals surface area contributed by atoms with Crippen LogP contribution in [0.25, 0.3) is 11.3 Å². The molecule has 4 heteroatoms. The molecule has 1 atom stereocenters. The van der Waals surface area contributed by atoms with Gasteiger partial charge in [0.1, 0.15) is 5.69 Å². The molecule has 3 aromatic rings. The maximum Gasteiger partial charge on any atom is 0.271 e. The summed E-state index contributed by atoms with van der Waals surface area (Å²) in [6.45, 7) is 3.65. The third kappa shape index (κ3) is 3.20. The first-order chi connectivity index (χ1) is 12.2. The van der Waals surface area contributed by atoms with Crippen LogP contribution in [0.5, 0.6) is 0 Å². The topological polar surface area (TPSA) is 49.0 Å². The summed E-state index contributed by atoms with van der Waals surface area (Å²) in [5, 5.41) is 7.20. The van der Waals surface area contributed by atoms with Gasteiger partial charge in [-0.25, -0.2) is 0 Å². The molecular weight excluding hydrogens is 310 g/mol. The molecule has 0 aliphatic carbocycles. The van der Waals surface area contributed by atoms with E-state index in [1.165, 1.54) is 11.1 Å². The van der Waals surface area contributed by atoms with Crippen molar-refractivity contribution < 1.29 is 4.79 Å². The van der Waals surface area contributed by atoms with E-state index in [2.05, 4.69) is 41.4 Å². The number of likely N-dealkylation sites (tertiary alicyclic amines) is 1. The van der Waals surface area contributed by atoms with Gasteiger partial charge < -0.3 is 4.90 Å². The van der Waals surface area contributed by atoms with Crippen molar-refractivity contribution >= 4 is 5.91 Å². The molecule has 25 heavy (non-hydrogen) atoms. The van der Waals surface area contributed by atoms with Gasteiger partial charge in [-0.1, -0.05) is 60.2 Å². The van der Waals surface area contributed by atoms with E-state index in [4.69, 9.17) is 0 Å². The van der Waals surface area contributed by atoms with E-state index >= 15 is 0 Å². The van der Waals surface area contributed by atoms with Crippen LogP contribution in [-0.2, 0) is 0 Å². The van der Waals surface area contributed by atoms with Crippen LogP contribution in [-0.4, -0.2) is 34.1 Å². The van der Waals surface area contributed by atoms with Crippen LogP contribution < -0.4 is 0 Å². The Hall–Kier alpha value is -2.88. The lowest BCUT2D eigenvalue weighted by Gasteiger charge is -2.15. The van der Waals surface area contributed by atoms with Crippen molar-refractivity contribution in [3.8, 4) is 11.3 Å². The maximum atomic E-state index is 12.8. The fourth-order valence-corrected chi connectivity index (χ4v) is 3.41. The summed E-state index contributed by atoms with van der Waals surface area (Å²) >= 11 is 0. The first-order valence-corrected chi connectivity index (χ1v) is 8.67. The Balaban J connectivity index is 1.47. The highest BCUT2D eigenvalue weighted by molar-refractivity contribution is 5.93. The van der Waals surface area contributed by atoms with Crippen molar-refractivity contribution in [3.63, 3.8) is 0 Å². The number of aryl methyl sites for hydroxylation is 1. The van der Waals surface area contributed by atoms with E-state index < -0.39 is 0 Å². The van der Waals surface area contributed by atoms with Crippen LogP contribution in [0.2, 0.25) is 0 Å². The number of carbonyl (C=O) groups is 1. The number of nitrogens with one attached hydrogen (secondary N) is 1. The molecule has 2 heterocycles. The van der Waals surface area contributed by atoms with Gasteiger partial charge in [0, 0.05) is 24.6 Å². The van der Waals surface area contributed by atoms with E-state index in [1.54, 1.807) is 0 Å². The molecule has 1 amide bonds. The van der Waals surface area contributed by atoms with E-state index in [-0.39, 0.29) is 5.91 Å². The first kappa shape index (κ1) is 15.6. The van der Waals surface area contributed by atoms with Crippen molar-refractivity contribution in [1.29, 1.82) is 0 Å². The highest BCUT2D eigenvalue weighted by atomic mass is 16.2.